The van der Waals surface area contributed by atoms with E-state index in [4.69, 9.17) is 9.15 Å². The minimum Gasteiger partial charge on any atom is -0.442 e. The van der Waals surface area contributed by atoms with Crippen molar-refractivity contribution in [2.24, 2.45) is 0 Å². The van der Waals surface area contributed by atoms with Crippen LogP contribution in [0.1, 0.15) is 39.4 Å². The number of amides is 1. The number of morpholine rings is 1. The Bertz CT molecular complexity index is 974. The normalized spacial score (nSPS) is 16.9. The molecule has 1 aliphatic heterocycles. The summed E-state index contributed by atoms with van der Waals surface area (Å²) < 4.78 is 24.6. The molecule has 1 atom stereocenters. The molecule has 0 N–H and O–H groups in total. The van der Waals surface area contributed by atoms with Gasteiger partial charge in [0.2, 0.25) is 5.89 Å². The molecule has 0 spiro atoms. The molecule has 3 aromatic rings. The zero-order valence-corrected chi connectivity index (χ0v) is 15.3. The van der Waals surface area contributed by atoms with Crippen molar-refractivity contribution < 1.29 is 18.3 Å². The molecule has 1 saturated heterocycles. The lowest BCUT2D eigenvalue weighted by atomic mass is 10.1. The third-order valence-electron chi connectivity index (χ3n) is 4.63. The predicted molar refractivity (Wildman–Crippen MR) is 97.1 cm³/mol. The van der Waals surface area contributed by atoms with Crippen molar-refractivity contribution in [2.45, 2.75) is 19.4 Å². The first-order valence-electron chi connectivity index (χ1n) is 8.96. The number of aryl methyl sites for hydroxylation is 1. The van der Waals surface area contributed by atoms with Gasteiger partial charge in [0.15, 0.2) is 6.10 Å². The summed E-state index contributed by atoms with van der Waals surface area (Å²) in [5.74, 6) is 0.669. The topological polar surface area (TPSA) is 81.4 Å². The smallest absolute Gasteiger partial charge is 0.257 e. The van der Waals surface area contributed by atoms with E-state index in [1.165, 1.54) is 24.7 Å². The first kappa shape index (κ1) is 18.2. The number of carbonyl (C=O) groups excluding carboxylic acids is 1. The second-order valence-corrected chi connectivity index (χ2v) is 6.60. The molecule has 0 radical (unpaired) electrons. The molecule has 2 aromatic heterocycles. The number of nitrogens with zero attached hydrogens (tertiary/aromatic N) is 4. The van der Waals surface area contributed by atoms with Crippen molar-refractivity contribution in [3.05, 3.63) is 77.3 Å². The Morgan fingerprint density at radius 1 is 1.25 bits per heavy atom. The van der Waals surface area contributed by atoms with Crippen molar-refractivity contribution in [3.8, 4) is 0 Å². The maximum absolute atomic E-state index is 13.0. The molecular weight excluding hydrogens is 363 g/mol. The fourth-order valence-electron chi connectivity index (χ4n) is 3.11. The van der Waals surface area contributed by atoms with Crippen LogP contribution in [-0.2, 0) is 11.2 Å². The van der Waals surface area contributed by atoms with Gasteiger partial charge < -0.3 is 14.1 Å². The minimum absolute atomic E-state index is 0.135. The number of carbonyl (C=O) groups is 1. The number of hydrogen-bond donors (Lipinski definition) is 0. The van der Waals surface area contributed by atoms with Gasteiger partial charge in [0.25, 0.3) is 5.91 Å². The first-order valence-corrected chi connectivity index (χ1v) is 8.96. The molecule has 1 fully saturated rings. The molecule has 1 aliphatic rings. The van der Waals surface area contributed by atoms with Crippen LogP contribution < -0.4 is 0 Å². The SMILES string of the molecule is Cc1ncncc1C(=O)N1CCO[C@H](c2ncc(Cc3ccc(F)cc3)o2)C1. The molecule has 0 bridgehead atoms. The third kappa shape index (κ3) is 3.91. The van der Waals surface area contributed by atoms with Gasteiger partial charge in [-0.1, -0.05) is 12.1 Å². The van der Waals surface area contributed by atoms with E-state index in [1.807, 2.05) is 0 Å². The van der Waals surface area contributed by atoms with Gasteiger partial charge >= 0.3 is 0 Å². The largest absolute Gasteiger partial charge is 0.442 e. The van der Waals surface area contributed by atoms with Gasteiger partial charge in [0, 0.05) is 19.2 Å². The summed E-state index contributed by atoms with van der Waals surface area (Å²) in [6, 6.07) is 6.24. The summed E-state index contributed by atoms with van der Waals surface area (Å²) in [4.78, 5) is 26.8. The van der Waals surface area contributed by atoms with Crippen LogP contribution in [0, 0.1) is 12.7 Å². The quantitative estimate of drug-likeness (QED) is 0.690. The summed E-state index contributed by atoms with van der Waals surface area (Å²) in [6.45, 7) is 2.98. The van der Waals surface area contributed by atoms with E-state index in [0.29, 0.717) is 49.0 Å². The highest BCUT2D eigenvalue weighted by Crippen LogP contribution is 2.24. The summed E-state index contributed by atoms with van der Waals surface area (Å²) >= 11 is 0. The Morgan fingerprint density at radius 3 is 2.86 bits per heavy atom. The molecule has 8 heteroatoms. The highest BCUT2D eigenvalue weighted by atomic mass is 19.1. The molecule has 4 rings (SSSR count). The van der Waals surface area contributed by atoms with Crippen molar-refractivity contribution in [2.75, 3.05) is 19.7 Å². The van der Waals surface area contributed by atoms with Crippen molar-refractivity contribution in [1.29, 1.82) is 0 Å². The van der Waals surface area contributed by atoms with E-state index >= 15 is 0 Å². The number of halogens is 1. The lowest BCUT2D eigenvalue weighted by Gasteiger charge is -2.31. The van der Waals surface area contributed by atoms with E-state index in [0.717, 1.165) is 5.56 Å². The van der Waals surface area contributed by atoms with Crippen molar-refractivity contribution in [3.63, 3.8) is 0 Å². The number of rotatable bonds is 4. The van der Waals surface area contributed by atoms with Crippen LogP contribution in [0.25, 0.3) is 0 Å². The molecule has 1 amide bonds. The molecule has 0 aliphatic carbocycles. The lowest BCUT2D eigenvalue weighted by Crippen LogP contribution is -2.42. The number of aromatic nitrogens is 3. The second-order valence-electron chi connectivity index (χ2n) is 6.60. The average Bonchev–Trinajstić information content (AvgIpc) is 3.18. The molecule has 28 heavy (non-hydrogen) atoms. The highest BCUT2D eigenvalue weighted by molar-refractivity contribution is 5.94. The Kier molecular flexibility index (Phi) is 5.12. The maximum atomic E-state index is 13.0. The number of ether oxygens (including phenoxy) is 1. The standard InChI is InChI=1S/C20H19FN4O3/c1-13-17(10-22-12-24-13)20(26)25-6-7-27-18(11-25)19-23-9-16(28-19)8-14-2-4-15(21)5-3-14/h2-5,9-10,12,18H,6-8,11H2,1H3/t18-/m0/s1. The van der Waals surface area contributed by atoms with Crippen LogP contribution in [0.3, 0.4) is 0 Å². The fraction of sp³-hybridized carbons (Fsp3) is 0.300. The first-order chi connectivity index (χ1) is 13.6. The van der Waals surface area contributed by atoms with Gasteiger partial charge in [-0.05, 0) is 24.6 Å². The molecule has 0 unspecified atom stereocenters. The Hall–Kier alpha value is -3.13. The average molecular weight is 382 g/mol. The van der Waals surface area contributed by atoms with Crippen LogP contribution in [-0.4, -0.2) is 45.5 Å². The van der Waals surface area contributed by atoms with Gasteiger partial charge in [0.1, 0.15) is 17.9 Å². The molecule has 3 heterocycles. The van der Waals surface area contributed by atoms with Gasteiger partial charge in [-0.25, -0.2) is 19.3 Å². The minimum atomic E-state index is -0.440. The highest BCUT2D eigenvalue weighted by Gasteiger charge is 2.30. The summed E-state index contributed by atoms with van der Waals surface area (Å²) in [5, 5.41) is 0. The summed E-state index contributed by atoms with van der Waals surface area (Å²) in [6.07, 6.45) is 4.65. The van der Waals surface area contributed by atoms with E-state index in [1.54, 1.807) is 30.2 Å². The van der Waals surface area contributed by atoms with Crippen molar-refractivity contribution in [1.82, 2.24) is 19.9 Å². The lowest BCUT2D eigenvalue weighted by molar-refractivity contribution is -0.0349. The number of oxazole rings is 1. The van der Waals surface area contributed by atoms with Gasteiger partial charge in [0.05, 0.1) is 30.6 Å². The molecule has 0 saturated carbocycles. The Labute approximate surface area is 161 Å². The zero-order valence-electron chi connectivity index (χ0n) is 15.3. The van der Waals surface area contributed by atoms with Gasteiger partial charge in [-0.3, -0.25) is 4.79 Å². The molecule has 7 nitrogen and oxygen atoms in total. The molecular formula is C20H19FN4O3. The van der Waals surface area contributed by atoms with E-state index < -0.39 is 6.10 Å². The van der Waals surface area contributed by atoms with Crippen LogP contribution in [0.5, 0.6) is 0 Å². The van der Waals surface area contributed by atoms with Crippen LogP contribution >= 0.6 is 0 Å². The Morgan fingerprint density at radius 2 is 2.07 bits per heavy atom. The molecule has 1 aromatic carbocycles. The monoisotopic (exact) mass is 382 g/mol. The maximum Gasteiger partial charge on any atom is 0.257 e. The second kappa shape index (κ2) is 7.85. The summed E-state index contributed by atoms with van der Waals surface area (Å²) in [7, 11) is 0. The van der Waals surface area contributed by atoms with E-state index in [2.05, 4.69) is 15.0 Å². The van der Waals surface area contributed by atoms with Crippen LogP contribution in [0.4, 0.5) is 4.39 Å². The van der Waals surface area contributed by atoms with Gasteiger partial charge in [-0.2, -0.15) is 0 Å². The van der Waals surface area contributed by atoms with Gasteiger partial charge in [-0.15, -0.1) is 0 Å². The van der Waals surface area contributed by atoms with Crippen LogP contribution in [0.2, 0.25) is 0 Å². The number of hydrogen-bond acceptors (Lipinski definition) is 6. The predicted octanol–water partition coefficient (Wildman–Crippen LogP) is 2.72. The number of benzene rings is 1. The molecule has 144 valence electrons. The fourth-order valence-corrected chi connectivity index (χ4v) is 3.11. The third-order valence-corrected chi connectivity index (χ3v) is 4.63. The Balaban J connectivity index is 1.45. The van der Waals surface area contributed by atoms with Crippen molar-refractivity contribution >= 4 is 5.91 Å². The van der Waals surface area contributed by atoms with E-state index in [-0.39, 0.29) is 11.7 Å². The summed E-state index contributed by atoms with van der Waals surface area (Å²) in [5.41, 5.74) is 2.04. The van der Waals surface area contributed by atoms with Crippen LogP contribution in [0.15, 0.2) is 47.4 Å². The van der Waals surface area contributed by atoms with E-state index in [9.17, 15) is 9.18 Å². The zero-order chi connectivity index (χ0) is 19.5.